The van der Waals surface area contributed by atoms with Crippen LogP contribution in [-0.4, -0.2) is 42.7 Å². The molecule has 4 heteroatoms. The normalized spacial score (nSPS) is 29.3. The Bertz CT molecular complexity index is 89.0. The Hall–Kier alpha value is -0.160. The van der Waals surface area contributed by atoms with E-state index in [2.05, 4.69) is 0 Å². The number of hydrogen-bond acceptors (Lipinski definition) is 4. The van der Waals surface area contributed by atoms with Crippen molar-refractivity contribution in [1.82, 2.24) is 4.90 Å². The monoisotopic (exact) mass is 132 g/mol. The maximum atomic E-state index is 8.97. The van der Waals surface area contributed by atoms with Crippen LogP contribution in [0.1, 0.15) is 0 Å². The van der Waals surface area contributed by atoms with Crippen LogP contribution in [0.15, 0.2) is 0 Å². The van der Waals surface area contributed by atoms with Crippen LogP contribution in [0.5, 0.6) is 0 Å². The molecular weight excluding hydrogens is 120 g/mol. The van der Waals surface area contributed by atoms with Crippen molar-refractivity contribution >= 4 is 0 Å². The second kappa shape index (κ2) is 3.12. The molecule has 9 heavy (non-hydrogen) atoms. The third kappa shape index (κ3) is 1.62. The lowest BCUT2D eigenvalue weighted by molar-refractivity contribution is -0.132. The van der Waals surface area contributed by atoms with Crippen LogP contribution in [-0.2, 0) is 4.74 Å². The molecule has 0 amide bonds. The number of aliphatic hydroxyl groups excluding tert-OH is 1. The van der Waals surface area contributed by atoms with Gasteiger partial charge in [-0.05, 0) is 0 Å². The zero-order valence-electron chi connectivity index (χ0n) is 5.29. The lowest BCUT2D eigenvalue weighted by atomic mass is 10.5. The van der Waals surface area contributed by atoms with E-state index >= 15 is 0 Å². The first-order valence-electron chi connectivity index (χ1n) is 3.08. The Morgan fingerprint density at radius 1 is 1.78 bits per heavy atom. The van der Waals surface area contributed by atoms with Crippen molar-refractivity contribution in [3.8, 4) is 0 Å². The van der Waals surface area contributed by atoms with Gasteiger partial charge in [-0.3, -0.25) is 4.90 Å². The SMILES string of the molecule is NCCN1CCOC1O. The third-order valence-electron chi connectivity index (χ3n) is 1.37. The molecule has 1 rings (SSSR count). The van der Waals surface area contributed by atoms with Crippen LogP contribution in [0.25, 0.3) is 0 Å². The Labute approximate surface area is 54.2 Å². The maximum absolute atomic E-state index is 8.97. The highest BCUT2D eigenvalue weighted by molar-refractivity contribution is 4.61. The van der Waals surface area contributed by atoms with Gasteiger partial charge in [0.1, 0.15) is 0 Å². The van der Waals surface area contributed by atoms with Crippen LogP contribution in [0, 0.1) is 0 Å². The minimum atomic E-state index is -0.714. The van der Waals surface area contributed by atoms with Gasteiger partial charge in [0.15, 0.2) is 0 Å². The molecule has 1 saturated heterocycles. The summed E-state index contributed by atoms with van der Waals surface area (Å²) in [6, 6.07) is 0. The number of nitrogens with zero attached hydrogens (tertiary/aromatic N) is 1. The average Bonchev–Trinajstić information content (AvgIpc) is 2.18. The molecule has 0 aromatic heterocycles. The molecule has 1 unspecified atom stereocenters. The van der Waals surface area contributed by atoms with E-state index in [-0.39, 0.29) is 0 Å². The van der Waals surface area contributed by atoms with E-state index in [1.165, 1.54) is 0 Å². The standard InChI is InChI=1S/C5H12N2O2/c6-1-2-7-3-4-9-5(7)8/h5,8H,1-4,6H2. The van der Waals surface area contributed by atoms with Crippen molar-refractivity contribution in [3.63, 3.8) is 0 Å². The first-order valence-corrected chi connectivity index (χ1v) is 3.08. The summed E-state index contributed by atoms with van der Waals surface area (Å²) < 4.78 is 4.84. The summed E-state index contributed by atoms with van der Waals surface area (Å²) in [5.41, 5.74) is 5.26. The Kier molecular flexibility index (Phi) is 2.41. The molecule has 0 radical (unpaired) electrons. The predicted molar refractivity (Wildman–Crippen MR) is 32.6 cm³/mol. The van der Waals surface area contributed by atoms with Crippen molar-refractivity contribution in [3.05, 3.63) is 0 Å². The van der Waals surface area contributed by atoms with Gasteiger partial charge in [0, 0.05) is 19.6 Å². The number of rotatable bonds is 2. The fourth-order valence-corrected chi connectivity index (χ4v) is 0.879. The van der Waals surface area contributed by atoms with E-state index in [1.807, 2.05) is 0 Å². The summed E-state index contributed by atoms with van der Waals surface area (Å²) in [5, 5.41) is 8.97. The van der Waals surface area contributed by atoms with E-state index in [0.717, 1.165) is 6.54 Å². The predicted octanol–water partition coefficient (Wildman–Crippen LogP) is -1.45. The largest absolute Gasteiger partial charge is 0.356 e. The summed E-state index contributed by atoms with van der Waals surface area (Å²) in [7, 11) is 0. The summed E-state index contributed by atoms with van der Waals surface area (Å²) >= 11 is 0. The van der Waals surface area contributed by atoms with Crippen LogP contribution in [0.3, 0.4) is 0 Å². The van der Waals surface area contributed by atoms with Crippen LogP contribution in [0.2, 0.25) is 0 Å². The molecule has 1 aliphatic rings. The van der Waals surface area contributed by atoms with Gasteiger partial charge in [-0.15, -0.1) is 0 Å². The van der Waals surface area contributed by atoms with Crippen molar-refractivity contribution in [2.24, 2.45) is 5.73 Å². The van der Waals surface area contributed by atoms with Crippen LogP contribution < -0.4 is 5.73 Å². The van der Waals surface area contributed by atoms with Crippen molar-refractivity contribution in [2.45, 2.75) is 6.41 Å². The third-order valence-corrected chi connectivity index (χ3v) is 1.37. The van der Waals surface area contributed by atoms with Gasteiger partial charge in [0.05, 0.1) is 6.61 Å². The van der Waals surface area contributed by atoms with Gasteiger partial charge in [0.25, 0.3) is 0 Å². The highest BCUT2D eigenvalue weighted by Gasteiger charge is 2.20. The van der Waals surface area contributed by atoms with Gasteiger partial charge in [-0.25, -0.2) is 0 Å². The number of ether oxygens (including phenoxy) is 1. The molecule has 0 aromatic rings. The second-order valence-corrected chi connectivity index (χ2v) is 2.02. The van der Waals surface area contributed by atoms with E-state index < -0.39 is 6.41 Å². The molecule has 0 saturated carbocycles. The van der Waals surface area contributed by atoms with Crippen molar-refractivity contribution in [1.29, 1.82) is 0 Å². The topological polar surface area (TPSA) is 58.7 Å². The van der Waals surface area contributed by atoms with Gasteiger partial charge in [-0.2, -0.15) is 0 Å². The maximum Gasteiger partial charge on any atom is 0.216 e. The molecule has 1 atom stereocenters. The molecule has 1 heterocycles. The summed E-state index contributed by atoms with van der Waals surface area (Å²) in [6.45, 7) is 2.68. The molecule has 0 bridgehead atoms. The Morgan fingerprint density at radius 3 is 3.00 bits per heavy atom. The fourth-order valence-electron chi connectivity index (χ4n) is 0.879. The Morgan fingerprint density at radius 2 is 2.56 bits per heavy atom. The molecule has 0 aromatic carbocycles. The quantitative estimate of drug-likeness (QED) is 0.483. The number of nitrogens with two attached hydrogens (primary N) is 1. The van der Waals surface area contributed by atoms with Gasteiger partial charge >= 0.3 is 0 Å². The average molecular weight is 132 g/mol. The molecular formula is C5H12N2O2. The van der Waals surface area contributed by atoms with Gasteiger partial charge < -0.3 is 15.6 Å². The van der Waals surface area contributed by atoms with Crippen molar-refractivity contribution < 1.29 is 9.84 Å². The van der Waals surface area contributed by atoms with Crippen molar-refractivity contribution in [2.75, 3.05) is 26.2 Å². The zero-order valence-corrected chi connectivity index (χ0v) is 5.29. The van der Waals surface area contributed by atoms with Crippen LogP contribution in [0.4, 0.5) is 0 Å². The first-order chi connectivity index (χ1) is 4.34. The summed E-state index contributed by atoms with van der Waals surface area (Å²) in [5.74, 6) is 0. The molecule has 3 N–H and O–H groups in total. The molecule has 0 aliphatic carbocycles. The zero-order chi connectivity index (χ0) is 6.69. The Balaban J connectivity index is 2.22. The van der Waals surface area contributed by atoms with E-state index in [0.29, 0.717) is 19.7 Å². The van der Waals surface area contributed by atoms with Gasteiger partial charge in [-0.1, -0.05) is 0 Å². The molecule has 1 fully saturated rings. The number of aliphatic hydroxyl groups is 1. The highest BCUT2D eigenvalue weighted by atomic mass is 16.6. The fraction of sp³-hybridized carbons (Fsp3) is 1.00. The first kappa shape index (κ1) is 6.95. The smallest absolute Gasteiger partial charge is 0.216 e. The van der Waals surface area contributed by atoms with Crippen LogP contribution >= 0.6 is 0 Å². The molecule has 0 spiro atoms. The molecule has 1 aliphatic heterocycles. The summed E-state index contributed by atoms with van der Waals surface area (Å²) in [4.78, 5) is 1.79. The second-order valence-electron chi connectivity index (χ2n) is 2.02. The lowest BCUT2D eigenvalue weighted by Gasteiger charge is -2.15. The lowest BCUT2D eigenvalue weighted by Crippen LogP contribution is -2.34. The summed E-state index contributed by atoms with van der Waals surface area (Å²) in [6.07, 6.45) is -0.714. The van der Waals surface area contributed by atoms with Gasteiger partial charge in [0.2, 0.25) is 6.41 Å². The van der Waals surface area contributed by atoms with E-state index in [1.54, 1.807) is 4.90 Å². The minimum Gasteiger partial charge on any atom is -0.356 e. The molecule has 4 nitrogen and oxygen atoms in total. The highest BCUT2D eigenvalue weighted by Crippen LogP contribution is 2.04. The minimum absolute atomic E-state index is 0.570. The van der Waals surface area contributed by atoms with E-state index in [9.17, 15) is 0 Å². The number of hydrogen-bond donors (Lipinski definition) is 2. The van der Waals surface area contributed by atoms with E-state index in [4.69, 9.17) is 15.6 Å². The molecule has 54 valence electrons.